The Labute approximate surface area is 162 Å². The van der Waals surface area contributed by atoms with Crippen LogP contribution in [0.1, 0.15) is 16.9 Å². The van der Waals surface area contributed by atoms with Crippen molar-refractivity contribution in [3.05, 3.63) is 76.5 Å². The van der Waals surface area contributed by atoms with Gasteiger partial charge in [0.2, 0.25) is 0 Å². The van der Waals surface area contributed by atoms with Gasteiger partial charge in [-0.2, -0.15) is 5.10 Å². The fourth-order valence-corrected chi connectivity index (χ4v) is 2.82. The molecule has 0 aliphatic heterocycles. The van der Waals surface area contributed by atoms with Crippen molar-refractivity contribution in [1.29, 1.82) is 0 Å². The summed E-state index contributed by atoms with van der Waals surface area (Å²) >= 11 is 6.16. The Morgan fingerprint density at radius 3 is 2.59 bits per heavy atom. The fourth-order valence-electron chi connectivity index (χ4n) is 2.59. The summed E-state index contributed by atoms with van der Waals surface area (Å²) in [5.74, 6) is 1.49. The van der Waals surface area contributed by atoms with E-state index in [0.29, 0.717) is 22.3 Å². The second kappa shape index (κ2) is 8.56. The largest absolute Gasteiger partial charge is 0.483 e. The number of benzene rings is 2. The number of para-hydroxylation sites is 1. The topological polar surface area (TPSA) is 63.8 Å². The van der Waals surface area contributed by atoms with Crippen LogP contribution in [0.2, 0.25) is 5.02 Å². The van der Waals surface area contributed by atoms with Crippen molar-refractivity contribution in [2.45, 2.75) is 13.8 Å². The van der Waals surface area contributed by atoms with Gasteiger partial charge in [0.1, 0.15) is 17.3 Å². The summed E-state index contributed by atoms with van der Waals surface area (Å²) in [5.41, 5.74) is 5.18. The number of carbonyl (C=O) groups excluding carboxylic acids is 1. The molecule has 2 aromatic carbocycles. The van der Waals surface area contributed by atoms with Gasteiger partial charge in [-0.1, -0.05) is 41.9 Å². The molecule has 1 heterocycles. The summed E-state index contributed by atoms with van der Waals surface area (Å²) in [6.45, 7) is 3.75. The van der Waals surface area contributed by atoms with Crippen LogP contribution < -0.4 is 10.2 Å². The van der Waals surface area contributed by atoms with Crippen LogP contribution in [0.15, 0.2) is 64.1 Å². The lowest BCUT2D eigenvalue weighted by molar-refractivity contribution is -0.123. The number of nitrogens with one attached hydrogen (secondary N) is 1. The third-order valence-corrected chi connectivity index (χ3v) is 4.23. The molecule has 1 N–H and O–H groups in total. The van der Waals surface area contributed by atoms with E-state index in [2.05, 4.69) is 10.5 Å². The van der Waals surface area contributed by atoms with Crippen molar-refractivity contribution in [3.8, 4) is 17.1 Å². The smallest absolute Gasteiger partial charge is 0.277 e. The van der Waals surface area contributed by atoms with Crippen molar-refractivity contribution >= 4 is 23.7 Å². The lowest BCUT2D eigenvalue weighted by Gasteiger charge is -2.10. The Balaban J connectivity index is 1.55. The van der Waals surface area contributed by atoms with Gasteiger partial charge >= 0.3 is 0 Å². The van der Waals surface area contributed by atoms with E-state index in [0.717, 1.165) is 16.7 Å². The monoisotopic (exact) mass is 382 g/mol. The number of aryl methyl sites for hydroxylation is 2. The van der Waals surface area contributed by atoms with Crippen LogP contribution >= 0.6 is 11.6 Å². The van der Waals surface area contributed by atoms with E-state index in [4.69, 9.17) is 20.8 Å². The number of ether oxygens (including phenoxy) is 1. The minimum absolute atomic E-state index is 0.119. The molecule has 3 rings (SSSR count). The zero-order chi connectivity index (χ0) is 19.2. The van der Waals surface area contributed by atoms with Crippen LogP contribution in [0.3, 0.4) is 0 Å². The molecule has 6 heteroatoms. The van der Waals surface area contributed by atoms with Gasteiger partial charge in [0, 0.05) is 5.56 Å². The van der Waals surface area contributed by atoms with Crippen LogP contribution in [0.5, 0.6) is 5.75 Å². The summed E-state index contributed by atoms with van der Waals surface area (Å²) in [4.78, 5) is 11.9. The summed E-state index contributed by atoms with van der Waals surface area (Å²) in [5, 5.41) is 4.50. The second-order valence-electron chi connectivity index (χ2n) is 5.98. The Bertz CT molecular complexity index is 959. The predicted molar refractivity (Wildman–Crippen MR) is 106 cm³/mol. The summed E-state index contributed by atoms with van der Waals surface area (Å²) in [6.07, 6.45) is 1.43. The van der Waals surface area contributed by atoms with Crippen LogP contribution in [0.4, 0.5) is 0 Å². The summed E-state index contributed by atoms with van der Waals surface area (Å²) in [7, 11) is 0. The van der Waals surface area contributed by atoms with Gasteiger partial charge in [0.05, 0.1) is 11.2 Å². The van der Waals surface area contributed by atoms with Crippen LogP contribution in [0, 0.1) is 13.8 Å². The molecule has 0 atom stereocenters. The molecule has 3 aromatic rings. The standard InChI is InChI=1S/C21H19ClN2O3/c1-14-6-5-7-15(2)21(14)26-13-20(25)24-23-12-16-10-11-19(27-16)17-8-3-4-9-18(17)22/h3-12H,13H2,1-2H3,(H,24,25). The average molecular weight is 383 g/mol. The van der Waals surface area contributed by atoms with Crippen LogP contribution in [0.25, 0.3) is 11.3 Å². The number of hydrogen-bond acceptors (Lipinski definition) is 4. The van der Waals surface area contributed by atoms with E-state index in [9.17, 15) is 4.79 Å². The second-order valence-corrected chi connectivity index (χ2v) is 6.39. The Morgan fingerprint density at radius 2 is 1.85 bits per heavy atom. The first-order chi connectivity index (χ1) is 13.0. The highest BCUT2D eigenvalue weighted by atomic mass is 35.5. The van der Waals surface area contributed by atoms with E-state index < -0.39 is 0 Å². The molecule has 27 heavy (non-hydrogen) atoms. The van der Waals surface area contributed by atoms with E-state index >= 15 is 0 Å². The zero-order valence-corrected chi connectivity index (χ0v) is 15.8. The zero-order valence-electron chi connectivity index (χ0n) is 15.0. The number of hydrazone groups is 1. The highest BCUT2D eigenvalue weighted by Crippen LogP contribution is 2.28. The number of carbonyl (C=O) groups is 1. The lowest BCUT2D eigenvalue weighted by atomic mass is 10.1. The maximum Gasteiger partial charge on any atom is 0.277 e. The molecule has 5 nitrogen and oxygen atoms in total. The van der Waals surface area contributed by atoms with Gasteiger partial charge < -0.3 is 9.15 Å². The highest BCUT2D eigenvalue weighted by Gasteiger charge is 2.08. The molecular weight excluding hydrogens is 364 g/mol. The van der Waals surface area contributed by atoms with Crippen molar-refractivity contribution in [1.82, 2.24) is 5.43 Å². The quantitative estimate of drug-likeness (QED) is 0.494. The molecule has 0 aliphatic carbocycles. The predicted octanol–water partition coefficient (Wildman–Crippen LogP) is 4.75. The molecule has 0 unspecified atom stereocenters. The Morgan fingerprint density at radius 1 is 1.11 bits per heavy atom. The number of furan rings is 1. The molecule has 0 fully saturated rings. The molecule has 0 saturated carbocycles. The first kappa shape index (κ1) is 18.7. The minimum Gasteiger partial charge on any atom is -0.483 e. The van der Waals surface area contributed by atoms with Gasteiger partial charge in [-0.05, 0) is 49.2 Å². The Hall–Kier alpha value is -3.05. The molecule has 0 bridgehead atoms. The number of rotatable bonds is 6. The third-order valence-electron chi connectivity index (χ3n) is 3.90. The first-order valence-corrected chi connectivity index (χ1v) is 8.78. The highest BCUT2D eigenvalue weighted by molar-refractivity contribution is 6.33. The number of hydrogen-bond donors (Lipinski definition) is 1. The van der Waals surface area contributed by atoms with Crippen molar-refractivity contribution in [2.75, 3.05) is 6.61 Å². The molecule has 0 radical (unpaired) electrons. The molecule has 138 valence electrons. The molecular formula is C21H19ClN2O3. The fraction of sp³-hybridized carbons (Fsp3) is 0.143. The van der Waals surface area contributed by atoms with Gasteiger partial charge in [0.15, 0.2) is 6.61 Å². The van der Waals surface area contributed by atoms with Gasteiger partial charge in [-0.3, -0.25) is 4.79 Å². The number of nitrogens with zero attached hydrogens (tertiary/aromatic N) is 1. The van der Waals surface area contributed by atoms with Gasteiger partial charge in [0.25, 0.3) is 5.91 Å². The molecule has 0 saturated heterocycles. The van der Waals surface area contributed by atoms with Crippen molar-refractivity contribution < 1.29 is 13.9 Å². The number of amides is 1. The maximum atomic E-state index is 11.9. The number of halogens is 1. The van der Waals surface area contributed by atoms with Gasteiger partial charge in [-0.15, -0.1) is 0 Å². The Kier molecular flexibility index (Phi) is 5.94. The first-order valence-electron chi connectivity index (χ1n) is 8.40. The average Bonchev–Trinajstić information content (AvgIpc) is 3.10. The van der Waals surface area contributed by atoms with E-state index in [-0.39, 0.29) is 12.5 Å². The van der Waals surface area contributed by atoms with E-state index in [1.165, 1.54) is 6.21 Å². The summed E-state index contributed by atoms with van der Waals surface area (Å²) in [6, 6.07) is 16.8. The lowest BCUT2D eigenvalue weighted by Crippen LogP contribution is -2.24. The SMILES string of the molecule is Cc1cccc(C)c1OCC(=O)NN=Cc1ccc(-c2ccccc2Cl)o1. The minimum atomic E-state index is -0.355. The van der Waals surface area contributed by atoms with Crippen LogP contribution in [-0.2, 0) is 4.79 Å². The molecule has 1 amide bonds. The van der Waals surface area contributed by atoms with E-state index in [1.807, 2.05) is 50.2 Å². The van der Waals surface area contributed by atoms with Crippen molar-refractivity contribution in [2.24, 2.45) is 5.10 Å². The van der Waals surface area contributed by atoms with Gasteiger partial charge in [-0.25, -0.2) is 5.43 Å². The van der Waals surface area contributed by atoms with Crippen molar-refractivity contribution in [3.63, 3.8) is 0 Å². The molecule has 0 aliphatic rings. The normalized spacial score (nSPS) is 10.9. The molecule has 1 aromatic heterocycles. The third kappa shape index (κ3) is 4.77. The maximum absolute atomic E-state index is 11.9. The van der Waals surface area contributed by atoms with E-state index in [1.54, 1.807) is 18.2 Å². The van der Waals surface area contributed by atoms with Crippen LogP contribution in [-0.4, -0.2) is 18.7 Å². The summed E-state index contributed by atoms with van der Waals surface area (Å²) < 4.78 is 11.3. The molecule has 0 spiro atoms.